The third-order valence-corrected chi connectivity index (χ3v) is 4.22. The number of likely N-dealkylation sites (tertiary alicyclic amines) is 1. The minimum absolute atomic E-state index is 0.00329. The first-order chi connectivity index (χ1) is 7.74. The Morgan fingerprint density at radius 3 is 2.06 bits per heavy atom. The zero-order valence-corrected chi connectivity index (χ0v) is 12.6. The quantitative estimate of drug-likeness (QED) is 0.817. The Kier molecular flexibility index (Phi) is 5.03. The Hall–Kier alpha value is -0.0800. The highest BCUT2D eigenvalue weighted by molar-refractivity contribution is 4.86. The number of nitrogens with zero attached hydrogens (tertiary/aromatic N) is 1. The van der Waals surface area contributed by atoms with Gasteiger partial charge in [0.25, 0.3) is 0 Å². The molecule has 0 aromatic carbocycles. The zero-order chi connectivity index (χ0) is 13.1. The van der Waals surface area contributed by atoms with Crippen molar-refractivity contribution in [2.24, 2.45) is 17.1 Å². The van der Waals surface area contributed by atoms with Crippen LogP contribution in [-0.4, -0.2) is 30.1 Å². The van der Waals surface area contributed by atoms with E-state index in [-0.39, 0.29) is 5.54 Å². The van der Waals surface area contributed by atoms with Gasteiger partial charge in [-0.3, -0.25) is 0 Å². The molecule has 1 aliphatic rings. The molecule has 1 atom stereocenters. The molecule has 1 rings (SSSR count). The van der Waals surface area contributed by atoms with E-state index in [1.807, 2.05) is 0 Å². The lowest BCUT2D eigenvalue weighted by Crippen LogP contribution is -2.50. The maximum Gasteiger partial charge on any atom is 0.0254 e. The van der Waals surface area contributed by atoms with Gasteiger partial charge in [0.2, 0.25) is 0 Å². The molecule has 0 amide bonds. The van der Waals surface area contributed by atoms with Crippen LogP contribution in [0.2, 0.25) is 0 Å². The normalized spacial score (nSPS) is 23.6. The first kappa shape index (κ1) is 15.0. The Bertz CT molecular complexity index is 220. The van der Waals surface area contributed by atoms with Crippen molar-refractivity contribution in [2.75, 3.05) is 19.6 Å². The molecule has 17 heavy (non-hydrogen) atoms. The smallest absolute Gasteiger partial charge is 0.0254 e. The van der Waals surface area contributed by atoms with E-state index < -0.39 is 0 Å². The molecule has 0 aromatic rings. The van der Waals surface area contributed by atoms with Gasteiger partial charge in [-0.2, -0.15) is 0 Å². The summed E-state index contributed by atoms with van der Waals surface area (Å²) in [4.78, 5) is 2.57. The Morgan fingerprint density at radius 1 is 1.12 bits per heavy atom. The van der Waals surface area contributed by atoms with Gasteiger partial charge < -0.3 is 10.6 Å². The lowest BCUT2D eigenvalue weighted by molar-refractivity contribution is 0.0960. The van der Waals surface area contributed by atoms with Gasteiger partial charge in [0.1, 0.15) is 0 Å². The van der Waals surface area contributed by atoms with Gasteiger partial charge in [-0.05, 0) is 50.6 Å². The molecule has 2 heteroatoms. The fraction of sp³-hybridized carbons (Fsp3) is 1.00. The van der Waals surface area contributed by atoms with E-state index in [4.69, 9.17) is 5.73 Å². The van der Waals surface area contributed by atoms with Gasteiger partial charge in [-0.25, -0.2) is 0 Å². The van der Waals surface area contributed by atoms with E-state index in [1.165, 1.54) is 32.4 Å². The topological polar surface area (TPSA) is 29.3 Å². The molecule has 0 spiro atoms. The molecule has 0 aliphatic carbocycles. The van der Waals surface area contributed by atoms with E-state index in [9.17, 15) is 0 Å². The number of piperidine rings is 1. The van der Waals surface area contributed by atoms with Gasteiger partial charge in [0, 0.05) is 12.1 Å². The molecule has 0 aromatic heterocycles. The van der Waals surface area contributed by atoms with Crippen molar-refractivity contribution >= 4 is 0 Å². The van der Waals surface area contributed by atoms with Crippen molar-refractivity contribution in [3.8, 4) is 0 Å². The molecule has 2 N–H and O–H groups in total. The molecular formula is C15H32N2. The third kappa shape index (κ3) is 4.97. The highest BCUT2D eigenvalue weighted by atomic mass is 15.1. The predicted molar refractivity (Wildman–Crippen MR) is 76.1 cm³/mol. The van der Waals surface area contributed by atoms with Crippen LogP contribution in [0.25, 0.3) is 0 Å². The minimum atomic E-state index is 0.00329. The Morgan fingerprint density at radius 2 is 1.65 bits per heavy atom. The van der Waals surface area contributed by atoms with Crippen LogP contribution in [0.15, 0.2) is 0 Å². The summed E-state index contributed by atoms with van der Waals surface area (Å²) in [5.74, 6) is 0.883. The van der Waals surface area contributed by atoms with E-state index in [1.54, 1.807) is 0 Å². The predicted octanol–water partition coefficient (Wildman–Crippen LogP) is 3.26. The number of rotatable bonds is 4. The van der Waals surface area contributed by atoms with Crippen LogP contribution in [0.5, 0.6) is 0 Å². The standard InChI is InChI=1S/C15H32N2/c1-6-9-15(5,16)12-17-10-7-13(8-11-17)14(2,3)4/h13H,6-12,16H2,1-5H3. The van der Waals surface area contributed by atoms with Crippen LogP contribution in [-0.2, 0) is 0 Å². The summed E-state index contributed by atoms with van der Waals surface area (Å²) >= 11 is 0. The lowest BCUT2D eigenvalue weighted by Gasteiger charge is -2.41. The summed E-state index contributed by atoms with van der Waals surface area (Å²) in [6.45, 7) is 15.1. The van der Waals surface area contributed by atoms with Crippen molar-refractivity contribution in [3.05, 3.63) is 0 Å². The molecule has 2 nitrogen and oxygen atoms in total. The molecule has 1 unspecified atom stereocenters. The highest BCUT2D eigenvalue weighted by Gasteiger charge is 2.30. The van der Waals surface area contributed by atoms with Crippen LogP contribution in [0.3, 0.4) is 0 Å². The van der Waals surface area contributed by atoms with E-state index in [0.717, 1.165) is 18.9 Å². The molecule has 0 radical (unpaired) electrons. The van der Waals surface area contributed by atoms with Gasteiger partial charge in [0.15, 0.2) is 0 Å². The fourth-order valence-corrected chi connectivity index (χ4v) is 3.12. The molecule has 1 saturated heterocycles. The van der Waals surface area contributed by atoms with Crippen LogP contribution in [0.1, 0.15) is 60.3 Å². The Balaban J connectivity index is 2.37. The van der Waals surface area contributed by atoms with E-state index in [2.05, 4.69) is 39.5 Å². The SMILES string of the molecule is CCCC(C)(N)CN1CCC(C(C)(C)C)CC1. The van der Waals surface area contributed by atoms with E-state index in [0.29, 0.717) is 5.41 Å². The molecular weight excluding hydrogens is 208 g/mol. The second-order valence-electron chi connectivity index (χ2n) is 7.32. The van der Waals surface area contributed by atoms with Crippen LogP contribution >= 0.6 is 0 Å². The monoisotopic (exact) mass is 240 g/mol. The van der Waals surface area contributed by atoms with Gasteiger partial charge in [-0.1, -0.05) is 34.1 Å². The van der Waals surface area contributed by atoms with Crippen molar-refractivity contribution in [3.63, 3.8) is 0 Å². The van der Waals surface area contributed by atoms with Gasteiger partial charge in [-0.15, -0.1) is 0 Å². The second-order valence-corrected chi connectivity index (χ2v) is 7.32. The highest BCUT2D eigenvalue weighted by Crippen LogP contribution is 2.34. The van der Waals surface area contributed by atoms with Crippen molar-refractivity contribution in [1.82, 2.24) is 4.90 Å². The summed E-state index contributed by atoms with van der Waals surface area (Å²) in [7, 11) is 0. The molecule has 0 saturated carbocycles. The summed E-state index contributed by atoms with van der Waals surface area (Å²) in [6, 6.07) is 0. The first-order valence-electron chi connectivity index (χ1n) is 7.26. The van der Waals surface area contributed by atoms with Crippen LogP contribution < -0.4 is 5.73 Å². The summed E-state index contributed by atoms with van der Waals surface area (Å²) in [5.41, 5.74) is 6.81. The van der Waals surface area contributed by atoms with Gasteiger partial charge in [0.05, 0.1) is 0 Å². The number of hydrogen-bond acceptors (Lipinski definition) is 2. The lowest BCUT2D eigenvalue weighted by atomic mass is 9.75. The zero-order valence-electron chi connectivity index (χ0n) is 12.6. The summed E-state index contributed by atoms with van der Waals surface area (Å²) in [6.07, 6.45) is 5.00. The molecule has 0 bridgehead atoms. The van der Waals surface area contributed by atoms with Gasteiger partial charge >= 0.3 is 0 Å². The van der Waals surface area contributed by atoms with E-state index >= 15 is 0 Å². The minimum Gasteiger partial charge on any atom is -0.324 e. The van der Waals surface area contributed by atoms with Crippen LogP contribution in [0, 0.1) is 11.3 Å². The molecule has 1 aliphatic heterocycles. The largest absolute Gasteiger partial charge is 0.324 e. The summed E-state index contributed by atoms with van der Waals surface area (Å²) < 4.78 is 0. The molecule has 102 valence electrons. The van der Waals surface area contributed by atoms with Crippen molar-refractivity contribution < 1.29 is 0 Å². The third-order valence-electron chi connectivity index (χ3n) is 4.22. The maximum absolute atomic E-state index is 6.34. The fourth-order valence-electron chi connectivity index (χ4n) is 3.12. The average Bonchev–Trinajstić information content (AvgIpc) is 2.16. The van der Waals surface area contributed by atoms with Crippen LogP contribution in [0.4, 0.5) is 0 Å². The number of hydrogen-bond donors (Lipinski definition) is 1. The van der Waals surface area contributed by atoms with Crippen molar-refractivity contribution in [2.45, 2.75) is 65.8 Å². The maximum atomic E-state index is 6.34. The molecule has 1 heterocycles. The number of nitrogens with two attached hydrogens (primary N) is 1. The Labute approximate surface area is 108 Å². The summed E-state index contributed by atoms with van der Waals surface area (Å²) in [5, 5.41) is 0. The second kappa shape index (κ2) is 5.71. The average molecular weight is 240 g/mol. The first-order valence-corrected chi connectivity index (χ1v) is 7.26. The molecule has 1 fully saturated rings. The van der Waals surface area contributed by atoms with Crippen molar-refractivity contribution in [1.29, 1.82) is 0 Å².